The minimum Gasteiger partial charge on any atom is -0.391 e. The number of nitrogens with zero attached hydrogens (tertiary/aromatic N) is 1. The highest BCUT2D eigenvalue weighted by Gasteiger charge is 2.39. The Labute approximate surface area is 270 Å². The number of benzene rings is 1. The molecule has 13 heteroatoms. The van der Waals surface area contributed by atoms with Gasteiger partial charge in [-0.25, -0.2) is 0 Å². The van der Waals surface area contributed by atoms with Gasteiger partial charge in [0.1, 0.15) is 30.2 Å². The van der Waals surface area contributed by atoms with Gasteiger partial charge in [0, 0.05) is 25.9 Å². The van der Waals surface area contributed by atoms with Gasteiger partial charge in [-0.15, -0.1) is 0 Å². The summed E-state index contributed by atoms with van der Waals surface area (Å²) in [4.78, 5) is 81.6. The van der Waals surface area contributed by atoms with Crippen molar-refractivity contribution in [3.63, 3.8) is 0 Å². The van der Waals surface area contributed by atoms with Crippen LogP contribution in [0, 0.1) is 5.92 Å². The van der Waals surface area contributed by atoms with E-state index >= 15 is 0 Å². The SMILES string of the molecule is CC[C@@H]1NC(=O)[C@@H](NC(=O)CC2CC2)CCCCNC(=O)[C@@H]2CCCN2C(=O)[C@@H](Cc2ccccc2)NC(=O)[C@H]([C@@H](C)O)NC1=O. The largest absolute Gasteiger partial charge is 0.391 e. The molecular formula is C33H48N6O7. The van der Waals surface area contributed by atoms with Crippen LogP contribution in [0.5, 0.6) is 0 Å². The molecule has 0 aromatic heterocycles. The van der Waals surface area contributed by atoms with Crippen molar-refractivity contribution in [2.24, 2.45) is 5.92 Å². The molecule has 1 aromatic carbocycles. The number of carbonyl (C=O) groups excluding carboxylic acids is 6. The van der Waals surface area contributed by atoms with Crippen molar-refractivity contribution < 1.29 is 33.9 Å². The first-order valence-corrected chi connectivity index (χ1v) is 16.6. The molecule has 0 radical (unpaired) electrons. The van der Waals surface area contributed by atoms with Gasteiger partial charge >= 0.3 is 0 Å². The van der Waals surface area contributed by atoms with E-state index < -0.39 is 59.9 Å². The molecule has 0 spiro atoms. The molecular weight excluding hydrogens is 592 g/mol. The van der Waals surface area contributed by atoms with Crippen LogP contribution in [0.4, 0.5) is 0 Å². The topological polar surface area (TPSA) is 186 Å². The maximum Gasteiger partial charge on any atom is 0.246 e. The van der Waals surface area contributed by atoms with Crippen molar-refractivity contribution in [1.29, 1.82) is 0 Å². The van der Waals surface area contributed by atoms with Crippen molar-refractivity contribution in [2.75, 3.05) is 13.1 Å². The van der Waals surface area contributed by atoms with Crippen molar-refractivity contribution in [2.45, 2.75) is 114 Å². The Hall–Kier alpha value is -4.00. The number of fused-ring (bicyclic) bond motifs is 1. The van der Waals surface area contributed by atoms with E-state index in [1.165, 1.54) is 11.8 Å². The molecule has 0 unspecified atom stereocenters. The van der Waals surface area contributed by atoms with Gasteiger partial charge in [0.2, 0.25) is 35.4 Å². The third kappa shape index (κ3) is 9.75. The number of hydrogen-bond donors (Lipinski definition) is 6. The minimum atomic E-state index is -1.43. The lowest BCUT2D eigenvalue weighted by atomic mass is 10.0. The predicted octanol–water partition coefficient (Wildman–Crippen LogP) is 0.0503. The van der Waals surface area contributed by atoms with E-state index in [2.05, 4.69) is 26.6 Å². The fourth-order valence-electron chi connectivity index (χ4n) is 6.01. The maximum absolute atomic E-state index is 13.9. The van der Waals surface area contributed by atoms with E-state index in [4.69, 9.17) is 0 Å². The second kappa shape index (κ2) is 16.5. The molecule has 13 nitrogen and oxygen atoms in total. The van der Waals surface area contributed by atoms with Crippen LogP contribution in [-0.2, 0) is 35.2 Å². The van der Waals surface area contributed by atoms with Crippen LogP contribution in [0.1, 0.15) is 77.2 Å². The number of aliphatic hydroxyl groups is 1. The van der Waals surface area contributed by atoms with E-state index in [9.17, 15) is 33.9 Å². The number of nitrogens with one attached hydrogen (secondary N) is 5. The van der Waals surface area contributed by atoms with Crippen LogP contribution in [0.3, 0.4) is 0 Å². The van der Waals surface area contributed by atoms with Crippen LogP contribution in [0.25, 0.3) is 0 Å². The third-order valence-corrected chi connectivity index (χ3v) is 8.88. The quantitative estimate of drug-likeness (QED) is 0.243. The van der Waals surface area contributed by atoms with Gasteiger partial charge in [0.25, 0.3) is 0 Å². The zero-order valence-corrected chi connectivity index (χ0v) is 26.8. The van der Waals surface area contributed by atoms with Gasteiger partial charge in [0.05, 0.1) is 6.10 Å². The summed E-state index contributed by atoms with van der Waals surface area (Å²) in [6, 6.07) is 3.99. The third-order valence-electron chi connectivity index (χ3n) is 8.88. The summed E-state index contributed by atoms with van der Waals surface area (Å²) in [5.74, 6) is -2.60. The number of amides is 6. The average Bonchev–Trinajstić information content (AvgIpc) is 3.70. The fraction of sp³-hybridized carbons (Fsp3) is 0.636. The molecule has 6 N–H and O–H groups in total. The van der Waals surface area contributed by atoms with Crippen LogP contribution in [0.2, 0.25) is 0 Å². The fourth-order valence-corrected chi connectivity index (χ4v) is 6.01. The molecule has 252 valence electrons. The van der Waals surface area contributed by atoms with Crippen molar-refractivity contribution >= 4 is 35.4 Å². The molecule has 3 aliphatic rings. The molecule has 2 saturated heterocycles. The Kier molecular flexibility index (Phi) is 12.5. The van der Waals surface area contributed by atoms with E-state index in [-0.39, 0.29) is 24.7 Å². The number of hydrogen-bond acceptors (Lipinski definition) is 7. The van der Waals surface area contributed by atoms with Crippen molar-refractivity contribution in [3.05, 3.63) is 35.9 Å². The summed E-state index contributed by atoms with van der Waals surface area (Å²) < 4.78 is 0. The van der Waals surface area contributed by atoms with Gasteiger partial charge in [-0.1, -0.05) is 37.3 Å². The summed E-state index contributed by atoms with van der Waals surface area (Å²) in [7, 11) is 0. The highest BCUT2D eigenvalue weighted by molar-refractivity contribution is 5.97. The summed E-state index contributed by atoms with van der Waals surface area (Å²) in [6.45, 7) is 3.71. The molecule has 2 heterocycles. The number of aliphatic hydroxyl groups excluding tert-OH is 1. The smallest absolute Gasteiger partial charge is 0.246 e. The zero-order chi connectivity index (χ0) is 33.2. The first kappa shape index (κ1) is 34.9. The summed E-state index contributed by atoms with van der Waals surface area (Å²) >= 11 is 0. The molecule has 0 bridgehead atoms. The molecule has 46 heavy (non-hydrogen) atoms. The Morgan fingerprint density at radius 1 is 0.891 bits per heavy atom. The predicted molar refractivity (Wildman–Crippen MR) is 169 cm³/mol. The lowest BCUT2D eigenvalue weighted by Gasteiger charge is -2.30. The molecule has 1 aromatic rings. The standard InChI is InChI=1S/C33H48N6O7/c1-3-23-29(42)38-28(20(2)40)32(45)37-25(18-21-10-5-4-6-11-21)33(46)39-17-9-13-26(39)31(44)34-16-8-7-12-24(30(43)36-23)35-27(41)19-22-14-15-22/h4-6,10-11,20,22-26,28,40H,3,7-9,12-19H2,1-2H3,(H,34,44)(H,35,41)(H,36,43)(H,37,45)(H,38,42)/t20-,23+,24+,25-,26+,28+/m1/s1. The van der Waals surface area contributed by atoms with Gasteiger partial charge in [-0.2, -0.15) is 0 Å². The first-order chi connectivity index (χ1) is 22.1. The molecule has 1 aliphatic carbocycles. The van der Waals surface area contributed by atoms with Gasteiger partial charge in [-0.05, 0) is 69.8 Å². The minimum absolute atomic E-state index is 0.137. The summed E-state index contributed by atoms with van der Waals surface area (Å²) in [5.41, 5.74) is 0.782. The van der Waals surface area contributed by atoms with E-state index in [1.807, 2.05) is 30.3 Å². The monoisotopic (exact) mass is 640 g/mol. The first-order valence-electron chi connectivity index (χ1n) is 16.6. The Morgan fingerprint density at radius 3 is 2.28 bits per heavy atom. The Morgan fingerprint density at radius 2 is 1.61 bits per heavy atom. The van der Waals surface area contributed by atoms with Crippen molar-refractivity contribution in [3.8, 4) is 0 Å². The molecule has 4 rings (SSSR count). The van der Waals surface area contributed by atoms with E-state index in [1.54, 1.807) is 6.92 Å². The summed E-state index contributed by atoms with van der Waals surface area (Å²) in [5, 5.41) is 24.3. The summed E-state index contributed by atoms with van der Waals surface area (Å²) in [6.07, 6.45) is 3.74. The van der Waals surface area contributed by atoms with Crippen LogP contribution in [-0.4, -0.2) is 94.9 Å². The van der Waals surface area contributed by atoms with Crippen LogP contribution < -0.4 is 26.6 Å². The highest BCUT2D eigenvalue weighted by atomic mass is 16.3. The number of carbonyl (C=O) groups is 6. The van der Waals surface area contributed by atoms with Crippen LogP contribution in [0.15, 0.2) is 30.3 Å². The normalized spacial score (nSPS) is 27.9. The Balaban J connectivity index is 1.59. The molecule has 2 aliphatic heterocycles. The second-order valence-corrected chi connectivity index (χ2v) is 12.7. The zero-order valence-electron chi connectivity index (χ0n) is 26.8. The van der Waals surface area contributed by atoms with Gasteiger partial charge in [0.15, 0.2) is 0 Å². The molecule has 6 amide bonds. The lowest BCUT2D eigenvalue weighted by Crippen LogP contribution is -2.61. The molecule has 6 atom stereocenters. The average molecular weight is 641 g/mol. The highest BCUT2D eigenvalue weighted by Crippen LogP contribution is 2.32. The van der Waals surface area contributed by atoms with E-state index in [0.717, 1.165) is 18.4 Å². The Bertz CT molecular complexity index is 1250. The number of rotatable bonds is 7. The lowest BCUT2D eigenvalue weighted by molar-refractivity contribution is -0.142. The van der Waals surface area contributed by atoms with Gasteiger partial charge in [-0.3, -0.25) is 28.8 Å². The molecule has 1 saturated carbocycles. The maximum atomic E-state index is 13.9. The van der Waals surface area contributed by atoms with E-state index in [0.29, 0.717) is 57.5 Å². The second-order valence-electron chi connectivity index (χ2n) is 12.7. The molecule has 3 fully saturated rings. The van der Waals surface area contributed by atoms with Crippen LogP contribution >= 0.6 is 0 Å². The van der Waals surface area contributed by atoms with Crippen molar-refractivity contribution in [1.82, 2.24) is 31.5 Å². The van der Waals surface area contributed by atoms with Gasteiger partial charge < -0.3 is 36.6 Å².